The van der Waals surface area contributed by atoms with Crippen LogP contribution in [-0.2, 0) is 0 Å². The maximum Gasteiger partial charge on any atom is 0.286 e. The summed E-state index contributed by atoms with van der Waals surface area (Å²) in [6.07, 6.45) is 2.05. The van der Waals surface area contributed by atoms with Gasteiger partial charge in [-0.25, -0.2) is 0 Å². The average Bonchev–Trinajstić information content (AvgIpc) is 3.04. The van der Waals surface area contributed by atoms with Gasteiger partial charge in [0.05, 0.1) is 25.2 Å². The number of nitrogens with zero attached hydrogens (tertiary/aromatic N) is 1. The highest BCUT2D eigenvalue weighted by atomic mass is 16.6. The van der Waals surface area contributed by atoms with Crippen LogP contribution in [0.4, 0.5) is 5.69 Å². The number of carbonyl (C=O) groups is 1. The van der Waals surface area contributed by atoms with E-state index in [-0.39, 0.29) is 28.8 Å². The van der Waals surface area contributed by atoms with Gasteiger partial charge in [-0.05, 0) is 19.4 Å². The molecule has 22 heavy (non-hydrogen) atoms. The first-order chi connectivity index (χ1) is 10.6. The van der Waals surface area contributed by atoms with E-state index in [1.54, 1.807) is 0 Å². The molecular weight excluding hydrogens is 290 g/mol. The lowest BCUT2D eigenvalue weighted by Crippen LogP contribution is -2.37. The molecule has 0 radical (unpaired) electrons. The van der Waals surface area contributed by atoms with Crippen LogP contribution < -0.4 is 20.1 Å². The molecule has 1 heterocycles. The van der Waals surface area contributed by atoms with Gasteiger partial charge in [-0.2, -0.15) is 0 Å². The van der Waals surface area contributed by atoms with Crippen molar-refractivity contribution in [2.24, 2.45) is 0 Å². The summed E-state index contributed by atoms with van der Waals surface area (Å²) in [6, 6.07) is 2.74. The number of hydrogen-bond acceptors (Lipinski definition) is 6. The van der Waals surface area contributed by atoms with Crippen molar-refractivity contribution < 1.29 is 19.2 Å². The molecule has 1 unspecified atom stereocenters. The molecule has 0 saturated carbocycles. The van der Waals surface area contributed by atoms with E-state index in [9.17, 15) is 14.9 Å². The molecule has 1 fully saturated rings. The molecule has 120 valence electrons. The summed E-state index contributed by atoms with van der Waals surface area (Å²) in [7, 11) is 2.79. The van der Waals surface area contributed by atoms with E-state index >= 15 is 0 Å². The fourth-order valence-electron chi connectivity index (χ4n) is 2.44. The lowest BCUT2D eigenvalue weighted by molar-refractivity contribution is -0.385. The second kappa shape index (κ2) is 7.08. The Labute approximate surface area is 127 Å². The second-order valence-electron chi connectivity index (χ2n) is 4.98. The van der Waals surface area contributed by atoms with Crippen molar-refractivity contribution in [2.45, 2.75) is 18.9 Å². The highest BCUT2D eigenvalue weighted by Crippen LogP contribution is 2.34. The predicted octanol–water partition coefficient (Wildman–Crippen LogP) is 1.09. The standard InChI is InChI=1S/C14H19N3O5/c1-21-12-6-10(11(17(19)20)7-13(12)22-2)14(18)16-8-9-4-3-5-15-9/h6-7,9,15H,3-5,8H2,1-2H3,(H,16,18). The number of nitro benzene ring substituents is 1. The Morgan fingerprint density at radius 1 is 1.41 bits per heavy atom. The molecule has 8 heteroatoms. The smallest absolute Gasteiger partial charge is 0.286 e. The topological polar surface area (TPSA) is 103 Å². The third kappa shape index (κ3) is 3.45. The van der Waals surface area contributed by atoms with Crippen molar-refractivity contribution in [1.29, 1.82) is 0 Å². The molecule has 1 aromatic carbocycles. The summed E-state index contributed by atoms with van der Waals surface area (Å²) >= 11 is 0. The van der Waals surface area contributed by atoms with E-state index in [1.165, 1.54) is 26.4 Å². The van der Waals surface area contributed by atoms with Gasteiger partial charge in [-0.1, -0.05) is 0 Å². The molecule has 1 saturated heterocycles. The average molecular weight is 309 g/mol. The van der Waals surface area contributed by atoms with Crippen LogP contribution in [0.1, 0.15) is 23.2 Å². The van der Waals surface area contributed by atoms with Crippen LogP contribution in [0.15, 0.2) is 12.1 Å². The van der Waals surface area contributed by atoms with Crippen molar-refractivity contribution in [3.8, 4) is 11.5 Å². The Bertz CT molecular complexity index is 570. The molecule has 0 aliphatic carbocycles. The van der Waals surface area contributed by atoms with Crippen LogP contribution in [0, 0.1) is 10.1 Å². The molecule has 0 aromatic heterocycles. The van der Waals surface area contributed by atoms with E-state index in [1.807, 2.05) is 0 Å². The van der Waals surface area contributed by atoms with Crippen molar-refractivity contribution in [3.63, 3.8) is 0 Å². The van der Waals surface area contributed by atoms with Gasteiger partial charge in [0.1, 0.15) is 5.56 Å². The van der Waals surface area contributed by atoms with E-state index in [0.717, 1.165) is 19.4 Å². The van der Waals surface area contributed by atoms with E-state index in [2.05, 4.69) is 10.6 Å². The first-order valence-corrected chi connectivity index (χ1v) is 6.98. The Morgan fingerprint density at radius 2 is 2.09 bits per heavy atom. The third-order valence-corrected chi connectivity index (χ3v) is 3.61. The Kier molecular flexibility index (Phi) is 5.16. The van der Waals surface area contributed by atoms with Crippen LogP contribution in [0.5, 0.6) is 11.5 Å². The normalized spacial score (nSPS) is 17.1. The summed E-state index contributed by atoms with van der Waals surface area (Å²) in [5, 5.41) is 17.1. The van der Waals surface area contributed by atoms with Gasteiger partial charge in [-0.15, -0.1) is 0 Å². The summed E-state index contributed by atoms with van der Waals surface area (Å²) in [6.45, 7) is 1.36. The molecule has 1 aromatic rings. The van der Waals surface area contributed by atoms with Gasteiger partial charge in [-0.3, -0.25) is 14.9 Å². The van der Waals surface area contributed by atoms with Gasteiger partial charge in [0.15, 0.2) is 11.5 Å². The molecule has 1 atom stereocenters. The van der Waals surface area contributed by atoms with Gasteiger partial charge in [0.25, 0.3) is 11.6 Å². The van der Waals surface area contributed by atoms with Crippen molar-refractivity contribution in [1.82, 2.24) is 10.6 Å². The van der Waals surface area contributed by atoms with Crippen LogP contribution in [-0.4, -0.2) is 44.2 Å². The predicted molar refractivity (Wildman–Crippen MR) is 79.6 cm³/mol. The van der Waals surface area contributed by atoms with Crippen LogP contribution in [0.3, 0.4) is 0 Å². The molecule has 1 aliphatic heterocycles. The maximum absolute atomic E-state index is 12.3. The van der Waals surface area contributed by atoms with Gasteiger partial charge < -0.3 is 20.1 Å². The monoisotopic (exact) mass is 309 g/mol. The number of benzene rings is 1. The lowest BCUT2D eigenvalue weighted by Gasteiger charge is -2.13. The number of hydrogen-bond donors (Lipinski definition) is 2. The Hall–Kier alpha value is -2.35. The number of rotatable bonds is 6. The number of nitro groups is 1. The first-order valence-electron chi connectivity index (χ1n) is 6.98. The largest absolute Gasteiger partial charge is 0.493 e. The zero-order chi connectivity index (χ0) is 16.1. The van der Waals surface area contributed by atoms with Crippen LogP contribution in [0.25, 0.3) is 0 Å². The van der Waals surface area contributed by atoms with E-state index in [4.69, 9.17) is 9.47 Å². The second-order valence-corrected chi connectivity index (χ2v) is 4.98. The summed E-state index contributed by atoms with van der Waals surface area (Å²) in [5.74, 6) is -0.0122. The van der Waals surface area contributed by atoms with Gasteiger partial charge in [0.2, 0.25) is 0 Å². The maximum atomic E-state index is 12.3. The lowest BCUT2D eigenvalue weighted by atomic mass is 10.1. The summed E-state index contributed by atoms with van der Waals surface area (Å²) in [4.78, 5) is 22.8. The van der Waals surface area contributed by atoms with E-state index in [0.29, 0.717) is 6.54 Å². The van der Waals surface area contributed by atoms with E-state index < -0.39 is 10.8 Å². The van der Waals surface area contributed by atoms with Crippen molar-refractivity contribution in [2.75, 3.05) is 27.3 Å². The molecule has 2 rings (SSSR count). The molecular formula is C14H19N3O5. The number of carbonyl (C=O) groups excluding carboxylic acids is 1. The minimum atomic E-state index is -0.606. The van der Waals surface area contributed by atoms with Gasteiger partial charge in [0, 0.05) is 18.7 Å². The molecule has 0 bridgehead atoms. The van der Waals surface area contributed by atoms with Crippen LogP contribution in [0.2, 0.25) is 0 Å². The highest BCUT2D eigenvalue weighted by molar-refractivity contribution is 5.99. The summed E-state index contributed by atoms with van der Waals surface area (Å²) in [5.41, 5.74) is -0.352. The fraction of sp³-hybridized carbons (Fsp3) is 0.500. The minimum absolute atomic E-state index is 0.0411. The zero-order valence-corrected chi connectivity index (χ0v) is 12.5. The highest BCUT2D eigenvalue weighted by Gasteiger charge is 2.25. The number of ether oxygens (including phenoxy) is 2. The Balaban J connectivity index is 2.22. The molecule has 2 N–H and O–H groups in total. The first kappa shape index (κ1) is 16.0. The minimum Gasteiger partial charge on any atom is -0.493 e. The summed E-state index contributed by atoms with van der Waals surface area (Å²) < 4.78 is 10.1. The molecule has 1 aliphatic rings. The molecule has 8 nitrogen and oxygen atoms in total. The van der Waals surface area contributed by atoms with Crippen LogP contribution >= 0.6 is 0 Å². The Morgan fingerprint density at radius 3 is 2.64 bits per heavy atom. The molecule has 1 amide bonds. The molecule has 0 spiro atoms. The number of amides is 1. The van der Waals surface area contributed by atoms with Crippen molar-refractivity contribution >= 4 is 11.6 Å². The van der Waals surface area contributed by atoms with Gasteiger partial charge >= 0.3 is 0 Å². The number of nitrogens with one attached hydrogen (secondary N) is 2. The quantitative estimate of drug-likeness (QED) is 0.602. The van der Waals surface area contributed by atoms with Crippen molar-refractivity contribution in [3.05, 3.63) is 27.8 Å². The zero-order valence-electron chi connectivity index (χ0n) is 12.5. The third-order valence-electron chi connectivity index (χ3n) is 3.61. The fourth-order valence-corrected chi connectivity index (χ4v) is 2.44. The number of methoxy groups -OCH3 is 2. The SMILES string of the molecule is COc1cc(C(=O)NCC2CCCN2)c([N+](=O)[O-])cc1OC.